The Bertz CT molecular complexity index is 602. The minimum Gasteiger partial charge on any atom is -0.357 e. The quantitative estimate of drug-likeness (QED) is 0.422. The van der Waals surface area contributed by atoms with Crippen molar-refractivity contribution in [3.05, 3.63) is 11.7 Å². The molecule has 3 fully saturated rings. The molecule has 0 spiro atoms. The van der Waals surface area contributed by atoms with E-state index in [1.807, 2.05) is 0 Å². The third-order valence-electron chi connectivity index (χ3n) is 5.56. The molecular weight excluding hydrogens is 431 g/mol. The molecule has 7 nitrogen and oxygen atoms in total. The second-order valence-electron chi connectivity index (χ2n) is 7.32. The number of likely N-dealkylation sites (tertiary alicyclic amines) is 2. The maximum atomic E-state index is 5.35. The molecule has 1 N–H and O–H groups in total. The second kappa shape index (κ2) is 8.20. The summed E-state index contributed by atoms with van der Waals surface area (Å²) >= 11 is 0. The maximum Gasteiger partial charge on any atom is 0.248 e. The van der Waals surface area contributed by atoms with E-state index >= 15 is 0 Å². The summed E-state index contributed by atoms with van der Waals surface area (Å²) in [5.74, 6) is 3.84. The van der Waals surface area contributed by atoms with E-state index in [-0.39, 0.29) is 24.0 Å². The highest BCUT2D eigenvalue weighted by Gasteiger charge is 2.37. The molecule has 25 heavy (non-hydrogen) atoms. The van der Waals surface area contributed by atoms with Crippen LogP contribution in [0.5, 0.6) is 0 Å². The fourth-order valence-electron chi connectivity index (χ4n) is 3.95. The minimum absolute atomic E-state index is 0. The number of hydrogen-bond acceptors (Lipinski definition) is 5. The number of likely N-dealkylation sites (N-methyl/N-ethyl adjacent to an activating group) is 1. The number of aromatic nitrogens is 2. The number of fused-ring (bicyclic) bond motifs is 1. The van der Waals surface area contributed by atoms with E-state index in [0.717, 1.165) is 37.3 Å². The van der Waals surface area contributed by atoms with Gasteiger partial charge in [0, 0.05) is 31.6 Å². The summed E-state index contributed by atoms with van der Waals surface area (Å²) < 4.78 is 5.35. The van der Waals surface area contributed by atoms with Gasteiger partial charge < -0.3 is 19.6 Å². The van der Waals surface area contributed by atoms with Crippen molar-refractivity contribution in [1.82, 2.24) is 25.3 Å². The molecule has 1 aromatic rings. The normalized spacial score (nSPS) is 27.1. The summed E-state index contributed by atoms with van der Waals surface area (Å²) in [5, 5.41) is 7.50. The molecule has 2 atom stereocenters. The van der Waals surface area contributed by atoms with Crippen LogP contribution in [0.25, 0.3) is 0 Å². The fraction of sp³-hybridized carbons (Fsp3) is 0.824. The van der Waals surface area contributed by atoms with Crippen LogP contribution in [0.4, 0.5) is 0 Å². The molecule has 1 saturated carbocycles. The molecule has 4 rings (SSSR count). The molecule has 0 aromatic carbocycles. The highest BCUT2D eigenvalue weighted by atomic mass is 127. The lowest BCUT2D eigenvalue weighted by atomic mass is 9.92. The SMILES string of the molecule is CCNC(=NCc1nc(C2CC2)no1)N1CCC2CCN(C)C2C1.I. The van der Waals surface area contributed by atoms with Crippen LogP contribution in [0.2, 0.25) is 0 Å². The molecular formula is C17H29IN6O. The standard InChI is InChI=1S/C17H28N6O.HI/c1-3-18-17(19-10-15-20-16(21-24-15)13-4-5-13)23-9-7-12-6-8-22(2)14(12)11-23;/h12-14H,3-11H2,1-2H3,(H,18,19);1H. The number of aliphatic imine (C=N–C) groups is 1. The van der Waals surface area contributed by atoms with Gasteiger partial charge in [0.05, 0.1) is 0 Å². The van der Waals surface area contributed by atoms with Crippen molar-refractivity contribution in [3.8, 4) is 0 Å². The Kier molecular flexibility index (Phi) is 6.19. The van der Waals surface area contributed by atoms with Gasteiger partial charge in [-0.05, 0) is 52.1 Å². The average molecular weight is 460 g/mol. The first-order valence-corrected chi connectivity index (χ1v) is 9.30. The summed E-state index contributed by atoms with van der Waals surface area (Å²) in [5.41, 5.74) is 0. The molecule has 0 amide bonds. The van der Waals surface area contributed by atoms with Crippen molar-refractivity contribution in [2.45, 2.75) is 51.1 Å². The van der Waals surface area contributed by atoms with Gasteiger partial charge in [0.2, 0.25) is 5.89 Å². The molecule has 8 heteroatoms. The first kappa shape index (κ1) is 18.9. The van der Waals surface area contributed by atoms with Crippen molar-refractivity contribution in [2.24, 2.45) is 10.9 Å². The number of halogens is 1. The molecule has 3 aliphatic rings. The van der Waals surface area contributed by atoms with Gasteiger partial charge in [-0.1, -0.05) is 5.16 Å². The lowest BCUT2D eigenvalue weighted by Crippen LogP contribution is -2.52. The topological polar surface area (TPSA) is 69.8 Å². The first-order chi connectivity index (χ1) is 11.7. The predicted octanol–water partition coefficient (Wildman–Crippen LogP) is 2.06. The van der Waals surface area contributed by atoms with Crippen LogP contribution in [0.1, 0.15) is 50.2 Å². The van der Waals surface area contributed by atoms with Crippen LogP contribution in [-0.2, 0) is 6.54 Å². The lowest BCUT2D eigenvalue weighted by molar-refractivity contribution is 0.165. The van der Waals surface area contributed by atoms with E-state index in [0.29, 0.717) is 24.4 Å². The third kappa shape index (κ3) is 4.27. The van der Waals surface area contributed by atoms with E-state index in [1.165, 1.54) is 32.2 Å². The van der Waals surface area contributed by atoms with Gasteiger partial charge in [-0.25, -0.2) is 4.99 Å². The maximum absolute atomic E-state index is 5.35. The van der Waals surface area contributed by atoms with E-state index in [1.54, 1.807) is 0 Å². The summed E-state index contributed by atoms with van der Waals surface area (Å²) in [7, 11) is 2.25. The Morgan fingerprint density at radius 2 is 2.08 bits per heavy atom. The number of nitrogens with one attached hydrogen (secondary N) is 1. The Morgan fingerprint density at radius 1 is 1.28 bits per heavy atom. The van der Waals surface area contributed by atoms with Gasteiger partial charge >= 0.3 is 0 Å². The summed E-state index contributed by atoms with van der Waals surface area (Å²) in [4.78, 5) is 14.1. The number of piperidine rings is 1. The molecule has 2 unspecified atom stereocenters. The molecule has 0 bridgehead atoms. The van der Waals surface area contributed by atoms with Crippen LogP contribution < -0.4 is 5.32 Å². The smallest absolute Gasteiger partial charge is 0.248 e. The molecule has 3 heterocycles. The predicted molar refractivity (Wildman–Crippen MR) is 107 cm³/mol. The van der Waals surface area contributed by atoms with Crippen LogP contribution in [0.15, 0.2) is 9.52 Å². The van der Waals surface area contributed by atoms with Crippen LogP contribution in [-0.4, -0.2) is 65.2 Å². The van der Waals surface area contributed by atoms with Crippen molar-refractivity contribution in [2.75, 3.05) is 33.2 Å². The number of hydrogen-bond donors (Lipinski definition) is 1. The minimum atomic E-state index is 0. The van der Waals surface area contributed by atoms with E-state index in [9.17, 15) is 0 Å². The fourth-order valence-corrected chi connectivity index (χ4v) is 3.95. The Balaban J connectivity index is 0.00000182. The summed E-state index contributed by atoms with van der Waals surface area (Å²) in [6, 6.07) is 0.660. The van der Waals surface area contributed by atoms with Crippen molar-refractivity contribution >= 4 is 29.9 Å². The van der Waals surface area contributed by atoms with Gasteiger partial charge in [-0.3, -0.25) is 0 Å². The van der Waals surface area contributed by atoms with Gasteiger partial charge in [-0.2, -0.15) is 4.98 Å². The Hall–Kier alpha value is -0.900. The summed E-state index contributed by atoms with van der Waals surface area (Å²) in [6.07, 6.45) is 4.98. The molecule has 1 aromatic heterocycles. The van der Waals surface area contributed by atoms with Gasteiger partial charge in [0.15, 0.2) is 11.8 Å². The van der Waals surface area contributed by atoms with Crippen molar-refractivity contribution in [1.29, 1.82) is 0 Å². The van der Waals surface area contributed by atoms with Gasteiger partial charge in [0.25, 0.3) is 0 Å². The molecule has 1 aliphatic carbocycles. The number of nitrogens with zero attached hydrogens (tertiary/aromatic N) is 5. The third-order valence-corrected chi connectivity index (χ3v) is 5.56. The van der Waals surface area contributed by atoms with E-state index in [4.69, 9.17) is 9.52 Å². The van der Waals surface area contributed by atoms with Gasteiger partial charge in [0.1, 0.15) is 6.54 Å². The number of rotatable bonds is 4. The first-order valence-electron chi connectivity index (χ1n) is 9.30. The zero-order chi connectivity index (χ0) is 16.5. The van der Waals surface area contributed by atoms with Crippen LogP contribution >= 0.6 is 24.0 Å². The monoisotopic (exact) mass is 460 g/mol. The second-order valence-corrected chi connectivity index (χ2v) is 7.32. The van der Waals surface area contributed by atoms with Crippen molar-refractivity contribution in [3.63, 3.8) is 0 Å². The molecule has 2 aliphatic heterocycles. The summed E-state index contributed by atoms with van der Waals surface area (Å²) in [6.45, 7) is 6.81. The van der Waals surface area contributed by atoms with Crippen molar-refractivity contribution < 1.29 is 4.52 Å². The van der Waals surface area contributed by atoms with Crippen LogP contribution in [0, 0.1) is 5.92 Å². The van der Waals surface area contributed by atoms with E-state index in [2.05, 4.69) is 39.2 Å². The Morgan fingerprint density at radius 3 is 2.84 bits per heavy atom. The highest BCUT2D eigenvalue weighted by Crippen LogP contribution is 2.38. The lowest BCUT2D eigenvalue weighted by Gasteiger charge is -2.39. The Labute approximate surface area is 166 Å². The molecule has 0 radical (unpaired) electrons. The molecule has 2 saturated heterocycles. The zero-order valence-electron chi connectivity index (χ0n) is 15.1. The van der Waals surface area contributed by atoms with Gasteiger partial charge in [-0.15, -0.1) is 24.0 Å². The zero-order valence-corrected chi connectivity index (χ0v) is 17.5. The molecule has 140 valence electrons. The number of guanidine groups is 1. The van der Waals surface area contributed by atoms with Crippen LogP contribution in [0.3, 0.4) is 0 Å². The van der Waals surface area contributed by atoms with E-state index < -0.39 is 0 Å². The average Bonchev–Trinajstić information content (AvgIpc) is 3.23. The highest BCUT2D eigenvalue weighted by molar-refractivity contribution is 14.0. The largest absolute Gasteiger partial charge is 0.357 e.